The molecule has 1 aromatic carbocycles. The van der Waals surface area contributed by atoms with Crippen molar-refractivity contribution < 1.29 is 14.4 Å². The topological polar surface area (TPSA) is 120 Å². The van der Waals surface area contributed by atoms with Gasteiger partial charge in [0.25, 0.3) is 5.91 Å². The van der Waals surface area contributed by atoms with Gasteiger partial charge in [0.05, 0.1) is 12.2 Å². The minimum atomic E-state index is -0.704. The zero-order chi connectivity index (χ0) is 22.2. The number of rotatable bonds is 6. The summed E-state index contributed by atoms with van der Waals surface area (Å²) >= 11 is 0. The molecule has 2 aliphatic rings. The Hall–Kier alpha value is -4.01. The first-order valence-corrected chi connectivity index (χ1v) is 10.5. The summed E-state index contributed by atoms with van der Waals surface area (Å²) in [7, 11) is 0. The third-order valence-corrected chi connectivity index (χ3v) is 5.85. The van der Waals surface area contributed by atoms with E-state index in [-0.39, 0.29) is 24.4 Å². The second kappa shape index (κ2) is 7.92. The molecule has 1 aliphatic heterocycles. The highest BCUT2D eigenvalue weighted by Gasteiger charge is 2.47. The Balaban J connectivity index is 1.25. The SMILES string of the molecule is Cc1c(NC(=O)CNC(=O)C2c3ccccc3C(=O)N2C2CC2)n[nH]c1-c1ccncc1. The van der Waals surface area contributed by atoms with Crippen LogP contribution in [0.4, 0.5) is 5.82 Å². The van der Waals surface area contributed by atoms with Gasteiger partial charge in [-0.15, -0.1) is 0 Å². The summed E-state index contributed by atoms with van der Waals surface area (Å²) in [5, 5.41) is 12.5. The van der Waals surface area contributed by atoms with Crippen molar-refractivity contribution in [3.63, 3.8) is 0 Å². The van der Waals surface area contributed by atoms with Crippen LogP contribution in [0.15, 0.2) is 48.8 Å². The minimum absolute atomic E-state index is 0.0813. The van der Waals surface area contributed by atoms with E-state index in [1.54, 1.807) is 35.5 Å². The number of amides is 3. The smallest absolute Gasteiger partial charge is 0.255 e. The van der Waals surface area contributed by atoms with Crippen LogP contribution < -0.4 is 10.6 Å². The molecule has 2 aromatic heterocycles. The lowest BCUT2D eigenvalue weighted by Crippen LogP contribution is -2.42. The van der Waals surface area contributed by atoms with E-state index in [0.29, 0.717) is 16.9 Å². The second-order valence-corrected chi connectivity index (χ2v) is 8.01. The van der Waals surface area contributed by atoms with Crippen molar-refractivity contribution in [2.45, 2.75) is 31.8 Å². The van der Waals surface area contributed by atoms with Crippen LogP contribution in [-0.4, -0.2) is 50.4 Å². The van der Waals surface area contributed by atoms with E-state index in [2.05, 4.69) is 25.8 Å². The van der Waals surface area contributed by atoms with Crippen LogP contribution in [0.5, 0.6) is 0 Å². The number of pyridine rings is 1. The van der Waals surface area contributed by atoms with Gasteiger partial charge < -0.3 is 15.5 Å². The standard InChI is InChI=1S/C23H22N6O3/c1-13-19(14-8-10-24-11-9-14)27-28-21(13)26-18(30)12-25-22(31)20-16-4-2-3-5-17(16)23(32)29(20)15-6-7-15/h2-5,8-11,15,20H,6-7,12H2,1H3,(H,25,31)(H2,26,27,28,30). The average molecular weight is 430 g/mol. The average Bonchev–Trinajstić information content (AvgIpc) is 3.53. The van der Waals surface area contributed by atoms with Gasteiger partial charge in [-0.05, 0) is 43.5 Å². The quantitative estimate of drug-likeness (QED) is 0.554. The lowest BCUT2D eigenvalue weighted by Gasteiger charge is -2.24. The molecule has 1 atom stereocenters. The summed E-state index contributed by atoms with van der Waals surface area (Å²) in [4.78, 5) is 43.9. The van der Waals surface area contributed by atoms with Crippen molar-refractivity contribution in [1.82, 2.24) is 25.4 Å². The van der Waals surface area contributed by atoms with Crippen molar-refractivity contribution in [1.29, 1.82) is 0 Å². The zero-order valence-corrected chi connectivity index (χ0v) is 17.5. The minimum Gasteiger partial charge on any atom is -0.345 e. The van der Waals surface area contributed by atoms with Gasteiger partial charge >= 0.3 is 0 Å². The predicted octanol–water partition coefficient (Wildman–Crippen LogP) is 2.19. The molecule has 5 rings (SSSR count). The van der Waals surface area contributed by atoms with Crippen molar-refractivity contribution in [2.75, 3.05) is 11.9 Å². The molecule has 3 amide bonds. The van der Waals surface area contributed by atoms with Crippen LogP contribution in [0.1, 0.15) is 40.4 Å². The van der Waals surface area contributed by atoms with E-state index >= 15 is 0 Å². The number of aromatic nitrogens is 3. The maximum Gasteiger partial charge on any atom is 0.255 e. The van der Waals surface area contributed by atoms with E-state index in [9.17, 15) is 14.4 Å². The number of hydrogen-bond acceptors (Lipinski definition) is 5. The number of nitrogens with one attached hydrogen (secondary N) is 3. The normalized spacial score (nSPS) is 17.2. The number of aromatic amines is 1. The molecule has 0 radical (unpaired) electrons. The molecule has 0 bridgehead atoms. The van der Waals surface area contributed by atoms with Gasteiger partial charge in [-0.25, -0.2) is 0 Å². The molecule has 32 heavy (non-hydrogen) atoms. The summed E-state index contributed by atoms with van der Waals surface area (Å²) < 4.78 is 0. The van der Waals surface area contributed by atoms with Crippen LogP contribution in [0.3, 0.4) is 0 Å². The molecule has 0 spiro atoms. The molecule has 162 valence electrons. The fraction of sp³-hybridized carbons (Fsp3) is 0.261. The second-order valence-electron chi connectivity index (χ2n) is 8.01. The highest BCUT2D eigenvalue weighted by molar-refractivity contribution is 6.05. The van der Waals surface area contributed by atoms with Crippen molar-refractivity contribution in [3.8, 4) is 11.3 Å². The van der Waals surface area contributed by atoms with Gasteiger partial charge in [0.2, 0.25) is 11.8 Å². The molecular formula is C23H22N6O3. The lowest BCUT2D eigenvalue weighted by atomic mass is 10.0. The number of nitrogens with zero attached hydrogens (tertiary/aromatic N) is 3. The molecule has 1 unspecified atom stereocenters. The molecule has 9 heteroatoms. The molecule has 3 heterocycles. The van der Waals surface area contributed by atoms with Gasteiger partial charge in [0, 0.05) is 35.1 Å². The molecule has 3 N–H and O–H groups in total. The molecule has 9 nitrogen and oxygen atoms in total. The van der Waals surface area contributed by atoms with Crippen molar-refractivity contribution >= 4 is 23.5 Å². The lowest BCUT2D eigenvalue weighted by molar-refractivity contribution is -0.127. The van der Waals surface area contributed by atoms with Crippen LogP contribution in [0.2, 0.25) is 0 Å². The number of carbonyl (C=O) groups excluding carboxylic acids is 3. The Labute approximate surface area is 184 Å². The number of carbonyl (C=O) groups is 3. The van der Waals surface area contributed by atoms with E-state index in [1.807, 2.05) is 25.1 Å². The van der Waals surface area contributed by atoms with Gasteiger partial charge in [0.1, 0.15) is 6.04 Å². The van der Waals surface area contributed by atoms with Crippen molar-refractivity contribution in [3.05, 3.63) is 65.5 Å². The Kier molecular flexibility index (Phi) is 4.93. The Morgan fingerprint density at radius 2 is 1.91 bits per heavy atom. The first kappa shape index (κ1) is 19.9. The predicted molar refractivity (Wildman–Crippen MR) is 117 cm³/mol. The van der Waals surface area contributed by atoms with Crippen LogP contribution >= 0.6 is 0 Å². The van der Waals surface area contributed by atoms with Crippen molar-refractivity contribution in [2.24, 2.45) is 0 Å². The Bertz CT molecular complexity index is 1200. The largest absolute Gasteiger partial charge is 0.345 e. The van der Waals surface area contributed by atoms with Gasteiger partial charge in [-0.3, -0.25) is 24.5 Å². The summed E-state index contributed by atoms with van der Waals surface area (Å²) in [5.41, 5.74) is 3.72. The third kappa shape index (κ3) is 3.51. The maximum absolute atomic E-state index is 13.0. The van der Waals surface area contributed by atoms with Gasteiger partial charge in [-0.2, -0.15) is 5.10 Å². The number of fused-ring (bicyclic) bond motifs is 1. The Morgan fingerprint density at radius 3 is 2.66 bits per heavy atom. The fourth-order valence-electron chi connectivity index (χ4n) is 4.09. The third-order valence-electron chi connectivity index (χ3n) is 5.85. The van der Waals surface area contributed by atoms with E-state index in [0.717, 1.165) is 29.7 Å². The van der Waals surface area contributed by atoms with E-state index in [1.165, 1.54) is 0 Å². The van der Waals surface area contributed by atoms with E-state index < -0.39 is 11.9 Å². The zero-order valence-electron chi connectivity index (χ0n) is 17.5. The molecule has 1 fully saturated rings. The molecule has 0 saturated heterocycles. The first-order chi connectivity index (χ1) is 15.5. The number of benzene rings is 1. The highest BCUT2D eigenvalue weighted by atomic mass is 16.2. The van der Waals surface area contributed by atoms with Crippen LogP contribution in [0, 0.1) is 6.92 Å². The summed E-state index contributed by atoms with van der Waals surface area (Å²) in [5.74, 6) is -0.480. The number of H-pyrrole nitrogens is 1. The van der Waals surface area contributed by atoms with E-state index in [4.69, 9.17) is 0 Å². The Morgan fingerprint density at radius 1 is 1.16 bits per heavy atom. The van der Waals surface area contributed by atoms with Crippen LogP contribution in [-0.2, 0) is 9.59 Å². The first-order valence-electron chi connectivity index (χ1n) is 10.5. The maximum atomic E-state index is 13.0. The number of anilines is 1. The molecular weight excluding hydrogens is 408 g/mol. The molecule has 3 aromatic rings. The van der Waals surface area contributed by atoms with Crippen LogP contribution in [0.25, 0.3) is 11.3 Å². The fourth-order valence-corrected chi connectivity index (χ4v) is 4.09. The summed E-state index contributed by atoms with van der Waals surface area (Å²) in [6.45, 7) is 1.63. The number of hydrogen-bond donors (Lipinski definition) is 3. The molecule has 1 aliphatic carbocycles. The highest BCUT2D eigenvalue weighted by Crippen LogP contribution is 2.41. The molecule has 1 saturated carbocycles. The summed E-state index contributed by atoms with van der Waals surface area (Å²) in [6.07, 6.45) is 5.14. The van der Waals surface area contributed by atoms with Gasteiger partial charge in [0.15, 0.2) is 5.82 Å². The summed E-state index contributed by atoms with van der Waals surface area (Å²) in [6, 6.07) is 10.2. The van der Waals surface area contributed by atoms with Gasteiger partial charge in [-0.1, -0.05) is 18.2 Å². The monoisotopic (exact) mass is 430 g/mol.